The SMILES string of the molecule is CCc1cc(Nc2cc(C)[nH]n2)nc(COc2ccccc2)n1. The van der Waals surface area contributed by atoms with Gasteiger partial charge in [0.2, 0.25) is 0 Å². The van der Waals surface area contributed by atoms with E-state index in [1.807, 2.05) is 49.4 Å². The second kappa shape index (κ2) is 6.91. The number of para-hydroxylation sites is 1. The Labute approximate surface area is 135 Å². The molecule has 0 aliphatic rings. The molecular formula is C17H19N5O. The number of rotatable bonds is 6. The summed E-state index contributed by atoms with van der Waals surface area (Å²) in [5.41, 5.74) is 1.95. The number of nitrogens with one attached hydrogen (secondary N) is 2. The summed E-state index contributed by atoms with van der Waals surface area (Å²) in [4.78, 5) is 9.01. The molecule has 0 fully saturated rings. The molecule has 0 saturated carbocycles. The fourth-order valence-electron chi connectivity index (χ4n) is 2.14. The molecule has 0 unspecified atom stereocenters. The van der Waals surface area contributed by atoms with Crippen molar-refractivity contribution >= 4 is 11.6 Å². The van der Waals surface area contributed by atoms with E-state index in [0.717, 1.165) is 35.2 Å². The Morgan fingerprint density at radius 2 is 1.91 bits per heavy atom. The Morgan fingerprint density at radius 1 is 1.09 bits per heavy atom. The van der Waals surface area contributed by atoms with Gasteiger partial charge in [0.15, 0.2) is 11.6 Å². The van der Waals surface area contributed by atoms with Crippen molar-refractivity contribution in [3.05, 3.63) is 59.7 Å². The van der Waals surface area contributed by atoms with Crippen LogP contribution in [0.25, 0.3) is 0 Å². The molecule has 3 aromatic rings. The zero-order valence-electron chi connectivity index (χ0n) is 13.2. The molecule has 0 saturated heterocycles. The number of hydrogen-bond donors (Lipinski definition) is 2. The van der Waals surface area contributed by atoms with Crippen LogP contribution < -0.4 is 10.1 Å². The fraction of sp³-hybridized carbons (Fsp3) is 0.235. The smallest absolute Gasteiger partial charge is 0.168 e. The average Bonchev–Trinajstić information content (AvgIpc) is 2.98. The number of aromatic amines is 1. The van der Waals surface area contributed by atoms with Crippen molar-refractivity contribution in [2.24, 2.45) is 0 Å². The van der Waals surface area contributed by atoms with Crippen molar-refractivity contribution in [2.45, 2.75) is 26.9 Å². The van der Waals surface area contributed by atoms with Crippen LogP contribution in [0.3, 0.4) is 0 Å². The lowest BCUT2D eigenvalue weighted by Gasteiger charge is -2.09. The maximum Gasteiger partial charge on any atom is 0.168 e. The second-order valence-electron chi connectivity index (χ2n) is 5.18. The molecular weight excluding hydrogens is 290 g/mol. The quantitative estimate of drug-likeness (QED) is 0.730. The first kappa shape index (κ1) is 15.0. The minimum Gasteiger partial charge on any atom is -0.486 e. The van der Waals surface area contributed by atoms with E-state index in [0.29, 0.717) is 12.4 Å². The van der Waals surface area contributed by atoms with Crippen molar-refractivity contribution in [2.75, 3.05) is 5.32 Å². The minimum absolute atomic E-state index is 0.326. The van der Waals surface area contributed by atoms with Crippen molar-refractivity contribution in [3.63, 3.8) is 0 Å². The van der Waals surface area contributed by atoms with Crippen LogP contribution in [0.2, 0.25) is 0 Å². The minimum atomic E-state index is 0.326. The van der Waals surface area contributed by atoms with Gasteiger partial charge in [0.05, 0.1) is 0 Å². The third-order valence-corrected chi connectivity index (χ3v) is 3.26. The van der Waals surface area contributed by atoms with Gasteiger partial charge in [-0.2, -0.15) is 5.10 Å². The van der Waals surface area contributed by atoms with E-state index in [4.69, 9.17) is 4.74 Å². The molecule has 0 spiro atoms. The molecule has 2 aromatic heterocycles. The summed E-state index contributed by atoms with van der Waals surface area (Å²) >= 11 is 0. The molecule has 23 heavy (non-hydrogen) atoms. The lowest BCUT2D eigenvalue weighted by molar-refractivity contribution is 0.295. The molecule has 118 valence electrons. The number of aryl methyl sites for hydroxylation is 2. The number of benzene rings is 1. The highest BCUT2D eigenvalue weighted by Crippen LogP contribution is 2.16. The van der Waals surface area contributed by atoms with Gasteiger partial charge in [-0.15, -0.1) is 0 Å². The van der Waals surface area contributed by atoms with Gasteiger partial charge in [0.1, 0.15) is 18.2 Å². The summed E-state index contributed by atoms with van der Waals surface area (Å²) in [6.07, 6.45) is 0.829. The van der Waals surface area contributed by atoms with Crippen molar-refractivity contribution in [3.8, 4) is 5.75 Å². The first-order chi connectivity index (χ1) is 11.2. The van der Waals surface area contributed by atoms with E-state index < -0.39 is 0 Å². The van der Waals surface area contributed by atoms with Crippen LogP contribution in [-0.4, -0.2) is 20.2 Å². The zero-order chi connectivity index (χ0) is 16.1. The van der Waals surface area contributed by atoms with Crippen LogP contribution in [-0.2, 0) is 13.0 Å². The highest BCUT2D eigenvalue weighted by molar-refractivity contribution is 5.52. The maximum absolute atomic E-state index is 5.73. The summed E-state index contributed by atoms with van der Waals surface area (Å²) in [6, 6.07) is 13.5. The van der Waals surface area contributed by atoms with Gasteiger partial charge < -0.3 is 10.1 Å². The van der Waals surface area contributed by atoms with E-state index in [9.17, 15) is 0 Å². The van der Waals surface area contributed by atoms with Gasteiger partial charge in [0.25, 0.3) is 0 Å². The van der Waals surface area contributed by atoms with Crippen LogP contribution >= 0.6 is 0 Å². The number of hydrogen-bond acceptors (Lipinski definition) is 5. The van der Waals surface area contributed by atoms with Crippen LogP contribution in [0.4, 0.5) is 11.6 Å². The molecule has 1 aromatic carbocycles. The van der Waals surface area contributed by atoms with Crippen molar-refractivity contribution < 1.29 is 4.74 Å². The molecule has 0 aliphatic carbocycles. The Balaban J connectivity index is 1.75. The lowest BCUT2D eigenvalue weighted by Crippen LogP contribution is -2.06. The van der Waals surface area contributed by atoms with Gasteiger partial charge in [-0.25, -0.2) is 9.97 Å². The summed E-state index contributed by atoms with van der Waals surface area (Å²) < 4.78 is 5.73. The van der Waals surface area contributed by atoms with Crippen LogP contribution in [0.15, 0.2) is 42.5 Å². The Kier molecular flexibility index (Phi) is 4.52. The molecule has 0 amide bonds. The van der Waals surface area contributed by atoms with E-state index in [1.54, 1.807) is 0 Å². The Bertz CT molecular complexity index is 770. The molecule has 2 N–H and O–H groups in total. The van der Waals surface area contributed by atoms with Gasteiger partial charge in [0, 0.05) is 23.5 Å². The summed E-state index contributed by atoms with van der Waals surface area (Å²) in [5.74, 6) is 2.89. The average molecular weight is 309 g/mol. The fourth-order valence-corrected chi connectivity index (χ4v) is 2.14. The Morgan fingerprint density at radius 3 is 2.61 bits per heavy atom. The molecule has 0 radical (unpaired) electrons. The molecule has 0 atom stereocenters. The molecule has 6 nitrogen and oxygen atoms in total. The first-order valence-corrected chi connectivity index (χ1v) is 7.56. The molecule has 6 heteroatoms. The third kappa shape index (κ3) is 4.06. The van der Waals surface area contributed by atoms with Crippen LogP contribution in [0.1, 0.15) is 24.1 Å². The van der Waals surface area contributed by atoms with E-state index in [1.165, 1.54) is 0 Å². The number of aromatic nitrogens is 4. The standard InChI is InChI=1S/C17H19N5O/c1-3-13-10-15(19-16-9-12(2)21-22-16)20-17(18-13)11-23-14-7-5-4-6-8-14/h4-10H,3,11H2,1-2H3,(H2,18,19,20,21,22). The number of ether oxygens (including phenoxy) is 1. The molecule has 0 bridgehead atoms. The molecule has 2 heterocycles. The van der Waals surface area contributed by atoms with Crippen molar-refractivity contribution in [1.82, 2.24) is 20.2 Å². The highest BCUT2D eigenvalue weighted by atomic mass is 16.5. The first-order valence-electron chi connectivity index (χ1n) is 7.56. The molecule has 0 aliphatic heterocycles. The van der Waals surface area contributed by atoms with E-state index in [2.05, 4.69) is 32.4 Å². The predicted octanol–water partition coefficient (Wildman–Crippen LogP) is 3.39. The largest absolute Gasteiger partial charge is 0.486 e. The van der Waals surface area contributed by atoms with Crippen LogP contribution in [0, 0.1) is 6.92 Å². The molecule has 3 rings (SSSR count). The Hall–Kier alpha value is -2.89. The normalized spacial score (nSPS) is 10.5. The number of anilines is 2. The van der Waals surface area contributed by atoms with Crippen LogP contribution in [0.5, 0.6) is 5.75 Å². The maximum atomic E-state index is 5.73. The number of nitrogens with zero attached hydrogens (tertiary/aromatic N) is 3. The van der Waals surface area contributed by atoms with Gasteiger partial charge >= 0.3 is 0 Å². The summed E-state index contributed by atoms with van der Waals surface area (Å²) in [7, 11) is 0. The van der Waals surface area contributed by atoms with Gasteiger partial charge in [-0.05, 0) is 25.5 Å². The van der Waals surface area contributed by atoms with Gasteiger partial charge in [-0.1, -0.05) is 25.1 Å². The predicted molar refractivity (Wildman–Crippen MR) is 88.8 cm³/mol. The van der Waals surface area contributed by atoms with E-state index in [-0.39, 0.29) is 0 Å². The van der Waals surface area contributed by atoms with Gasteiger partial charge in [-0.3, -0.25) is 5.10 Å². The van der Waals surface area contributed by atoms with Crippen molar-refractivity contribution in [1.29, 1.82) is 0 Å². The topological polar surface area (TPSA) is 75.7 Å². The lowest BCUT2D eigenvalue weighted by atomic mass is 10.3. The number of H-pyrrole nitrogens is 1. The second-order valence-corrected chi connectivity index (χ2v) is 5.18. The third-order valence-electron chi connectivity index (χ3n) is 3.26. The zero-order valence-corrected chi connectivity index (χ0v) is 13.2. The summed E-state index contributed by atoms with van der Waals surface area (Å²) in [5, 5.41) is 10.2. The summed E-state index contributed by atoms with van der Waals surface area (Å²) in [6.45, 7) is 4.34. The highest BCUT2D eigenvalue weighted by Gasteiger charge is 2.07. The van der Waals surface area contributed by atoms with E-state index >= 15 is 0 Å². The monoisotopic (exact) mass is 309 g/mol.